The molecule has 0 aliphatic heterocycles. The van der Waals surface area contributed by atoms with Crippen LogP contribution in [0.25, 0.3) is 0 Å². The van der Waals surface area contributed by atoms with Crippen LogP contribution in [-0.4, -0.2) is 51.7 Å². The second-order valence-electron chi connectivity index (χ2n) is 8.32. The molecule has 0 bridgehead atoms. The molecular formula is C22H36N6O2S. The Morgan fingerprint density at radius 3 is 2.74 bits per heavy atom. The van der Waals surface area contributed by atoms with Crippen LogP contribution in [0.1, 0.15) is 69.3 Å². The topological polar surface area (TPSA) is 100 Å². The van der Waals surface area contributed by atoms with Crippen LogP contribution in [-0.2, 0) is 12.0 Å². The van der Waals surface area contributed by atoms with Crippen molar-refractivity contribution < 1.29 is 9.52 Å². The van der Waals surface area contributed by atoms with Gasteiger partial charge in [0.1, 0.15) is 22.9 Å². The Morgan fingerprint density at radius 2 is 2.10 bits per heavy atom. The van der Waals surface area contributed by atoms with Crippen molar-refractivity contribution in [3.63, 3.8) is 0 Å². The van der Waals surface area contributed by atoms with E-state index in [0.29, 0.717) is 17.8 Å². The van der Waals surface area contributed by atoms with E-state index in [0.717, 1.165) is 42.7 Å². The number of thioether (sulfide) groups is 1. The summed E-state index contributed by atoms with van der Waals surface area (Å²) >= 11 is 1.68. The number of nitrogens with zero attached hydrogens (tertiary/aromatic N) is 4. The summed E-state index contributed by atoms with van der Waals surface area (Å²) in [5, 5.41) is 27.2. The van der Waals surface area contributed by atoms with Crippen molar-refractivity contribution in [2.45, 2.75) is 76.1 Å². The van der Waals surface area contributed by atoms with Crippen LogP contribution in [0.2, 0.25) is 0 Å². The van der Waals surface area contributed by atoms with Gasteiger partial charge in [0.25, 0.3) is 0 Å². The number of aliphatic hydroxyl groups is 1. The van der Waals surface area contributed by atoms with E-state index in [1.807, 2.05) is 19.9 Å². The van der Waals surface area contributed by atoms with Crippen molar-refractivity contribution in [3.05, 3.63) is 29.5 Å². The molecule has 2 aromatic rings. The molecule has 3 rings (SSSR count). The molecule has 9 heteroatoms. The summed E-state index contributed by atoms with van der Waals surface area (Å²) in [4.78, 5) is 4.56. The number of aromatic nitrogens is 3. The van der Waals surface area contributed by atoms with Crippen molar-refractivity contribution >= 4 is 17.7 Å². The number of hydrogen-bond donors (Lipinski definition) is 3. The number of rotatable bonds is 10. The van der Waals surface area contributed by atoms with Crippen LogP contribution in [0.15, 0.2) is 26.7 Å². The maximum absolute atomic E-state index is 10.7. The van der Waals surface area contributed by atoms with Crippen LogP contribution in [0, 0.1) is 6.92 Å². The molecule has 0 radical (unpaired) electrons. The molecule has 8 nitrogen and oxygen atoms in total. The Bertz CT molecular complexity index is 854. The van der Waals surface area contributed by atoms with Crippen molar-refractivity contribution in [1.29, 1.82) is 0 Å². The van der Waals surface area contributed by atoms with Gasteiger partial charge in [-0.1, -0.05) is 24.6 Å². The molecule has 0 aromatic carbocycles. The molecular weight excluding hydrogens is 412 g/mol. The third-order valence-corrected chi connectivity index (χ3v) is 6.28. The lowest BCUT2D eigenvalue weighted by Gasteiger charge is -2.20. The predicted molar refractivity (Wildman–Crippen MR) is 125 cm³/mol. The van der Waals surface area contributed by atoms with Gasteiger partial charge in [-0.15, -0.1) is 10.2 Å². The lowest BCUT2D eigenvalue weighted by molar-refractivity contribution is 0.0428. The summed E-state index contributed by atoms with van der Waals surface area (Å²) in [5.74, 6) is 3.07. The maximum Gasteiger partial charge on any atom is 0.191 e. The van der Waals surface area contributed by atoms with E-state index in [4.69, 9.17) is 4.42 Å². The van der Waals surface area contributed by atoms with E-state index < -0.39 is 5.60 Å². The van der Waals surface area contributed by atoms with Crippen LogP contribution in [0.5, 0.6) is 0 Å². The summed E-state index contributed by atoms with van der Waals surface area (Å²) in [6, 6.07) is 4.20. The van der Waals surface area contributed by atoms with Gasteiger partial charge in [0, 0.05) is 25.6 Å². The second-order valence-corrected chi connectivity index (χ2v) is 9.09. The first kappa shape index (κ1) is 23.7. The molecule has 1 aliphatic carbocycles. The van der Waals surface area contributed by atoms with Crippen LogP contribution < -0.4 is 10.6 Å². The Morgan fingerprint density at radius 1 is 1.32 bits per heavy atom. The summed E-state index contributed by atoms with van der Waals surface area (Å²) in [5.41, 5.74) is -1.15. The fraction of sp³-hybridized carbons (Fsp3) is 0.682. The minimum Gasteiger partial charge on any atom is -0.463 e. The molecule has 1 saturated carbocycles. The van der Waals surface area contributed by atoms with Gasteiger partial charge in [-0.3, -0.25) is 0 Å². The third kappa shape index (κ3) is 6.26. The first-order chi connectivity index (χ1) is 14.9. The van der Waals surface area contributed by atoms with Crippen molar-refractivity contribution in [2.24, 2.45) is 4.99 Å². The van der Waals surface area contributed by atoms with Crippen LogP contribution in [0.3, 0.4) is 0 Å². The number of hydrogen-bond acceptors (Lipinski definition) is 6. The number of furan rings is 1. The van der Waals surface area contributed by atoms with Crippen LogP contribution in [0.4, 0.5) is 0 Å². The summed E-state index contributed by atoms with van der Waals surface area (Å²) in [6.45, 7) is 7.34. The highest BCUT2D eigenvalue weighted by Gasteiger charge is 2.27. The van der Waals surface area contributed by atoms with E-state index >= 15 is 0 Å². The molecule has 0 amide bonds. The average molecular weight is 449 g/mol. The Kier molecular flexibility index (Phi) is 8.43. The molecule has 1 unspecified atom stereocenters. The molecule has 1 aliphatic rings. The molecule has 172 valence electrons. The quantitative estimate of drug-likeness (QED) is 0.222. The van der Waals surface area contributed by atoms with Gasteiger partial charge in [0.15, 0.2) is 11.1 Å². The molecule has 3 N–H and O–H groups in total. The van der Waals surface area contributed by atoms with Gasteiger partial charge in [0.2, 0.25) is 0 Å². The molecule has 2 aromatic heterocycles. The van der Waals surface area contributed by atoms with Crippen molar-refractivity contribution in [2.75, 3.05) is 25.9 Å². The van der Waals surface area contributed by atoms with E-state index in [-0.39, 0.29) is 6.54 Å². The Labute approximate surface area is 189 Å². The average Bonchev–Trinajstić information content (AvgIpc) is 3.49. The molecule has 31 heavy (non-hydrogen) atoms. The maximum atomic E-state index is 10.7. The number of aryl methyl sites for hydroxylation is 2. The molecule has 0 spiro atoms. The van der Waals surface area contributed by atoms with E-state index in [2.05, 4.69) is 36.6 Å². The van der Waals surface area contributed by atoms with Gasteiger partial charge in [-0.2, -0.15) is 0 Å². The number of nitrogens with one attached hydrogen (secondary N) is 2. The summed E-state index contributed by atoms with van der Waals surface area (Å²) in [6.07, 6.45) is 8.91. The summed E-state index contributed by atoms with van der Waals surface area (Å²) < 4.78 is 7.94. The van der Waals surface area contributed by atoms with Crippen molar-refractivity contribution in [1.82, 2.24) is 25.4 Å². The van der Waals surface area contributed by atoms with Gasteiger partial charge >= 0.3 is 0 Å². The SMILES string of the molecule is CCNC(=NCC(C)(O)c1ccc(C)o1)NCCCc1nnc(SC)n1C1CCCC1. The lowest BCUT2D eigenvalue weighted by atomic mass is 10.0. The minimum absolute atomic E-state index is 0.211. The van der Waals surface area contributed by atoms with Gasteiger partial charge in [-0.05, 0) is 58.4 Å². The smallest absolute Gasteiger partial charge is 0.191 e. The monoisotopic (exact) mass is 448 g/mol. The predicted octanol–water partition coefficient (Wildman–Crippen LogP) is 3.41. The van der Waals surface area contributed by atoms with Crippen molar-refractivity contribution in [3.8, 4) is 0 Å². The fourth-order valence-electron chi connectivity index (χ4n) is 3.98. The zero-order valence-electron chi connectivity index (χ0n) is 19.1. The first-order valence-corrected chi connectivity index (χ1v) is 12.5. The number of aliphatic imine (C=N–C) groups is 1. The standard InChI is InChI=1S/C22H36N6O2S/c1-5-23-20(25-15-22(3,29)18-13-12-16(2)30-18)24-14-8-11-19-26-27-21(31-4)28(19)17-9-6-7-10-17/h12-13,17,29H,5-11,14-15H2,1-4H3,(H2,23,24,25). The fourth-order valence-corrected chi connectivity index (χ4v) is 4.55. The first-order valence-electron chi connectivity index (χ1n) is 11.2. The largest absolute Gasteiger partial charge is 0.463 e. The normalized spacial score (nSPS) is 17.1. The molecule has 1 atom stereocenters. The van der Waals surface area contributed by atoms with Crippen LogP contribution >= 0.6 is 11.8 Å². The lowest BCUT2D eigenvalue weighted by Crippen LogP contribution is -2.39. The van der Waals surface area contributed by atoms with Gasteiger partial charge in [-0.25, -0.2) is 4.99 Å². The highest BCUT2D eigenvalue weighted by molar-refractivity contribution is 7.98. The van der Waals surface area contributed by atoms with E-state index in [1.54, 1.807) is 24.8 Å². The molecule has 0 saturated heterocycles. The molecule has 1 fully saturated rings. The molecule has 2 heterocycles. The van der Waals surface area contributed by atoms with E-state index in [9.17, 15) is 5.11 Å². The number of guanidine groups is 1. The second kappa shape index (κ2) is 11.0. The van der Waals surface area contributed by atoms with E-state index in [1.165, 1.54) is 25.7 Å². The minimum atomic E-state index is -1.15. The third-order valence-electron chi connectivity index (χ3n) is 5.64. The summed E-state index contributed by atoms with van der Waals surface area (Å²) in [7, 11) is 0. The van der Waals surface area contributed by atoms with Gasteiger partial charge < -0.3 is 24.7 Å². The zero-order valence-corrected chi connectivity index (χ0v) is 20.0. The van der Waals surface area contributed by atoms with Gasteiger partial charge in [0.05, 0.1) is 6.54 Å². The zero-order chi connectivity index (χ0) is 22.3. The highest BCUT2D eigenvalue weighted by atomic mass is 32.2. The Balaban J connectivity index is 1.54. The Hall–Kier alpha value is -2.00. The highest BCUT2D eigenvalue weighted by Crippen LogP contribution is 2.33.